The minimum Gasteiger partial charge on any atom is -0.256 e. The third-order valence-corrected chi connectivity index (χ3v) is 2.48. The number of aromatic amines is 1. The fourth-order valence-corrected chi connectivity index (χ4v) is 1.74. The van der Waals surface area contributed by atoms with Gasteiger partial charge in [0.25, 0.3) is 0 Å². The second-order valence-electron chi connectivity index (χ2n) is 3.49. The molecule has 2 heterocycles. The quantitative estimate of drug-likeness (QED) is 0.694. The lowest BCUT2D eigenvalue weighted by Crippen LogP contribution is -1.93. The Bertz CT molecular complexity index is 597. The fraction of sp³-hybridized carbons (Fsp3) is 0.0909. The van der Waals surface area contributed by atoms with Crippen molar-refractivity contribution in [3.63, 3.8) is 0 Å². The summed E-state index contributed by atoms with van der Waals surface area (Å²) < 4.78 is 0. The number of hydrogen-bond donors (Lipinski definition) is 1. The summed E-state index contributed by atoms with van der Waals surface area (Å²) in [6.45, 7) is 0. The molecule has 5 heteroatoms. The van der Waals surface area contributed by atoms with Gasteiger partial charge < -0.3 is 0 Å². The summed E-state index contributed by atoms with van der Waals surface area (Å²) in [5.74, 6) is 0.691. The van der Waals surface area contributed by atoms with E-state index in [2.05, 4.69) is 31.7 Å². The SMILES string of the molecule is c1ccc2c(Cc3nn[nH]n3)ccnc2c1. The molecule has 0 spiro atoms. The zero-order valence-electron chi connectivity index (χ0n) is 8.46. The van der Waals surface area contributed by atoms with Gasteiger partial charge in [-0.3, -0.25) is 4.98 Å². The predicted octanol–water partition coefficient (Wildman–Crippen LogP) is 1.34. The van der Waals surface area contributed by atoms with Gasteiger partial charge in [0.1, 0.15) is 0 Å². The van der Waals surface area contributed by atoms with E-state index in [1.807, 2.05) is 24.3 Å². The van der Waals surface area contributed by atoms with Crippen LogP contribution in [-0.2, 0) is 6.42 Å². The molecule has 0 amide bonds. The zero-order chi connectivity index (χ0) is 10.8. The largest absolute Gasteiger partial charge is 0.256 e. The van der Waals surface area contributed by atoms with Crippen LogP contribution in [0.15, 0.2) is 36.5 Å². The average molecular weight is 211 g/mol. The van der Waals surface area contributed by atoms with Crippen LogP contribution >= 0.6 is 0 Å². The highest BCUT2D eigenvalue weighted by atomic mass is 15.5. The lowest BCUT2D eigenvalue weighted by atomic mass is 10.1. The molecule has 0 radical (unpaired) electrons. The Labute approximate surface area is 91.5 Å². The summed E-state index contributed by atoms with van der Waals surface area (Å²) in [7, 11) is 0. The average Bonchev–Trinajstić information content (AvgIpc) is 2.82. The Balaban J connectivity index is 2.10. The van der Waals surface area contributed by atoms with Gasteiger partial charge in [0.2, 0.25) is 0 Å². The molecule has 0 fully saturated rings. The van der Waals surface area contributed by atoms with Gasteiger partial charge in [0.05, 0.1) is 5.52 Å². The molecule has 0 unspecified atom stereocenters. The Kier molecular flexibility index (Phi) is 2.07. The highest BCUT2D eigenvalue weighted by Crippen LogP contribution is 2.17. The van der Waals surface area contributed by atoms with E-state index in [1.165, 1.54) is 0 Å². The van der Waals surface area contributed by atoms with Crippen molar-refractivity contribution in [2.75, 3.05) is 0 Å². The van der Waals surface area contributed by atoms with Gasteiger partial charge in [0.15, 0.2) is 5.82 Å². The van der Waals surface area contributed by atoms with Gasteiger partial charge >= 0.3 is 0 Å². The molecule has 1 N–H and O–H groups in total. The number of H-pyrrole nitrogens is 1. The van der Waals surface area contributed by atoms with E-state index in [9.17, 15) is 0 Å². The molecule has 0 aliphatic carbocycles. The van der Waals surface area contributed by atoms with E-state index < -0.39 is 0 Å². The zero-order valence-corrected chi connectivity index (χ0v) is 8.46. The molecule has 0 saturated carbocycles. The number of aromatic nitrogens is 5. The normalized spacial score (nSPS) is 10.8. The Morgan fingerprint density at radius 3 is 2.94 bits per heavy atom. The van der Waals surface area contributed by atoms with Gasteiger partial charge in [0, 0.05) is 18.0 Å². The number of fused-ring (bicyclic) bond motifs is 1. The van der Waals surface area contributed by atoms with Gasteiger partial charge in [-0.1, -0.05) is 23.4 Å². The molecule has 3 rings (SSSR count). The van der Waals surface area contributed by atoms with Crippen LogP contribution < -0.4 is 0 Å². The molecule has 16 heavy (non-hydrogen) atoms. The number of benzene rings is 1. The van der Waals surface area contributed by atoms with Crippen molar-refractivity contribution in [1.29, 1.82) is 0 Å². The monoisotopic (exact) mass is 211 g/mol. The first kappa shape index (κ1) is 8.96. The minimum atomic E-state index is 0.666. The molecule has 0 saturated heterocycles. The third kappa shape index (κ3) is 1.52. The highest BCUT2D eigenvalue weighted by Gasteiger charge is 2.04. The van der Waals surface area contributed by atoms with Crippen LogP contribution in [0.1, 0.15) is 11.4 Å². The summed E-state index contributed by atoms with van der Waals surface area (Å²) in [6, 6.07) is 10.0. The molecule has 0 aliphatic rings. The Morgan fingerprint density at radius 1 is 1.12 bits per heavy atom. The van der Waals surface area contributed by atoms with Crippen LogP contribution in [0.4, 0.5) is 0 Å². The second kappa shape index (κ2) is 3.69. The van der Waals surface area contributed by atoms with Crippen LogP contribution in [-0.4, -0.2) is 25.6 Å². The van der Waals surface area contributed by atoms with Crippen molar-refractivity contribution in [3.05, 3.63) is 47.9 Å². The molecule has 0 bridgehead atoms. The van der Waals surface area contributed by atoms with Crippen LogP contribution in [0.25, 0.3) is 10.9 Å². The summed E-state index contributed by atoms with van der Waals surface area (Å²) in [6.07, 6.45) is 2.47. The maximum absolute atomic E-state index is 4.31. The van der Waals surface area contributed by atoms with Gasteiger partial charge in [-0.2, -0.15) is 5.21 Å². The number of rotatable bonds is 2. The van der Waals surface area contributed by atoms with Crippen molar-refractivity contribution < 1.29 is 0 Å². The van der Waals surface area contributed by atoms with E-state index in [0.717, 1.165) is 16.5 Å². The lowest BCUT2D eigenvalue weighted by molar-refractivity contribution is 0.881. The number of hydrogen-bond acceptors (Lipinski definition) is 4. The maximum Gasteiger partial charge on any atom is 0.178 e. The van der Waals surface area contributed by atoms with Crippen molar-refractivity contribution in [3.8, 4) is 0 Å². The standard InChI is InChI=1S/C11H9N5/c1-2-4-10-9(3-1)8(5-6-12-10)7-11-13-15-16-14-11/h1-6H,7H2,(H,13,14,15,16). The van der Waals surface area contributed by atoms with Crippen LogP contribution in [0, 0.1) is 0 Å². The first-order valence-corrected chi connectivity index (χ1v) is 4.98. The molecule has 78 valence electrons. The van der Waals surface area contributed by atoms with E-state index in [0.29, 0.717) is 12.2 Å². The summed E-state index contributed by atoms with van der Waals surface area (Å²) in [5, 5.41) is 15.0. The first-order chi connectivity index (χ1) is 7.93. The van der Waals surface area contributed by atoms with Crippen LogP contribution in [0.2, 0.25) is 0 Å². The van der Waals surface area contributed by atoms with E-state index in [-0.39, 0.29) is 0 Å². The fourth-order valence-electron chi connectivity index (χ4n) is 1.74. The minimum absolute atomic E-state index is 0.666. The molecule has 0 atom stereocenters. The molecule has 3 aromatic rings. The lowest BCUT2D eigenvalue weighted by Gasteiger charge is -2.02. The molecule has 5 nitrogen and oxygen atoms in total. The molecule has 0 aliphatic heterocycles. The van der Waals surface area contributed by atoms with Gasteiger partial charge in [-0.25, -0.2) is 0 Å². The van der Waals surface area contributed by atoms with E-state index in [1.54, 1.807) is 6.20 Å². The molecule has 2 aromatic heterocycles. The smallest absolute Gasteiger partial charge is 0.178 e. The van der Waals surface area contributed by atoms with E-state index in [4.69, 9.17) is 0 Å². The molecular formula is C11H9N5. The second-order valence-corrected chi connectivity index (χ2v) is 3.49. The predicted molar refractivity (Wildman–Crippen MR) is 58.7 cm³/mol. The maximum atomic E-state index is 4.31. The molecule has 1 aromatic carbocycles. The number of tetrazole rings is 1. The van der Waals surface area contributed by atoms with Crippen molar-refractivity contribution in [1.82, 2.24) is 25.6 Å². The molecular weight excluding hydrogens is 202 g/mol. The Hall–Kier alpha value is -2.30. The van der Waals surface area contributed by atoms with Gasteiger partial charge in [-0.05, 0) is 17.7 Å². The van der Waals surface area contributed by atoms with Gasteiger partial charge in [-0.15, -0.1) is 10.2 Å². The number of nitrogens with one attached hydrogen (secondary N) is 1. The number of nitrogens with zero attached hydrogens (tertiary/aromatic N) is 4. The number of pyridine rings is 1. The summed E-state index contributed by atoms with van der Waals surface area (Å²) in [5.41, 5.74) is 2.15. The topological polar surface area (TPSA) is 67.3 Å². The van der Waals surface area contributed by atoms with Crippen molar-refractivity contribution in [2.45, 2.75) is 6.42 Å². The number of para-hydroxylation sites is 1. The summed E-state index contributed by atoms with van der Waals surface area (Å²) in [4.78, 5) is 4.31. The van der Waals surface area contributed by atoms with Crippen molar-refractivity contribution >= 4 is 10.9 Å². The van der Waals surface area contributed by atoms with Crippen LogP contribution in [0.3, 0.4) is 0 Å². The highest BCUT2D eigenvalue weighted by molar-refractivity contribution is 5.82. The third-order valence-electron chi connectivity index (χ3n) is 2.48. The summed E-state index contributed by atoms with van der Waals surface area (Å²) >= 11 is 0. The van der Waals surface area contributed by atoms with Crippen molar-refractivity contribution in [2.24, 2.45) is 0 Å². The Morgan fingerprint density at radius 2 is 2.06 bits per heavy atom. The van der Waals surface area contributed by atoms with E-state index >= 15 is 0 Å². The van der Waals surface area contributed by atoms with Crippen LogP contribution in [0.5, 0.6) is 0 Å². The first-order valence-electron chi connectivity index (χ1n) is 4.98.